The lowest BCUT2D eigenvalue weighted by Crippen LogP contribution is -1.96. The zero-order valence-electron chi connectivity index (χ0n) is 21.3. The van der Waals surface area contributed by atoms with E-state index >= 15 is 0 Å². The van der Waals surface area contributed by atoms with Crippen LogP contribution in [0.15, 0.2) is 137 Å². The van der Waals surface area contributed by atoms with Gasteiger partial charge in [0.1, 0.15) is 0 Å². The molecule has 42 heavy (non-hydrogen) atoms. The van der Waals surface area contributed by atoms with E-state index in [1.807, 2.05) is 48.5 Å². The van der Waals surface area contributed by atoms with Gasteiger partial charge < -0.3 is 0 Å². The van der Waals surface area contributed by atoms with E-state index in [0.29, 0.717) is 18.0 Å². The molecule has 0 aromatic carbocycles. The van der Waals surface area contributed by atoms with Gasteiger partial charge in [-0.15, -0.1) is 0 Å². The molecule has 0 N–H and O–H groups in total. The fourth-order valence-electron chi connectivity index (χ4n) is 3.99. The lowest BCUT2D eigenvalue weighted by molar-refractivity contribution is 1.09. The van der Waals surface area contributed by atoms with Crippen LogP contribution in [0, 0.1) is 28.5 Å². The topological polar surface area (TPSA) is 51.6 Å². The average molecular weight is 689 g/mol. The maximum Gasteiger partial charge on any atom is 0.0622 e. The van der Waals surface area contributed by atoms with Crippen molar-refractivity contribution in [3.63, 3.8) is 0 Å². The lowest BCUT2D eigenvalue weighted by atomic mass is 10.2. The van der Waals surface area contributed by atoms with Gasteiger partial charge in [0, 0.05) is 99.2 Å². The molecule has 0 saturated carbocycles. The maximum atomic E-state index is 6.24. The average Bonchev–Trinajstić information content (AvgIpc) is 3.03. The number of aromatic nitrogens is 4. The van der Waals surface area contributed by atoms with Crippen LogP contribution >= 0.6 is 95.9 Å². The number of pyridine rings is 4. The highest BCUT2D eigenvalue weighted by molar-refractivity contribution is 8.03. The summed E-state index contributed by atoms with van der Waals surface area (Å²) in [6.45, 7) is 0. The van der Waals surface area contributed by atoms with Crippen molar-refractivity contribution < 1.29 is 0 Å². The summed E-state index contributed by atoms with van der Waals surface area (Å²) < 4.78 is 2.57. The van der Waals surface area contributed by atoms with Gasteiger partial charge in [0.25, 0.3) is 0 Å². The summed E-state index contributed by atoms with van der Waals surface area (Å²) in [4.78, 5) is 24.2. The van der Waals surface area contributed by atoms with Gasteiger partial charge in [0.05, 0.1) is 18.0 Å². The molecular formula is C30H16N4S8. The summed E-state index contributed by atoms with van der Waals surface area (Å²) in [5.41, 5.74) is 0. The van der Waals surface area contributed by atoms with Crippen molar-refractivity contribution in [1.82, 2.24) is 19.9 Å². The van der Waals surface area contributed by atoms with Gasteiger partial charge in [-0.1, -0.05) is 95.9 Å². The van der Waals surface area contributed by atoms with E-state index in [4.69, 9.17) is 48.9 Å². The minimum atomic E-state index is 0.644. The molecule has 2 aliphatic rings. The number of hydrogen-bond acceptors (Lipinski definition) is 12. The quantitative estimate of drug-likeness (QED) is 0.143. The Hall–Kier alpha value is -2.42. The summed E-state index contributed by atoms with van der Waals surface area (Å²) in [6, 6.07) is 15.7. The molecule has 0 unspecified atom stereocenters. The molecular weight excluding hydrogens is 673 g/mol. The van der Waals surface area contributed by atoms with Crippen LogP contribution in [0.3, 0.4) is 0 Å². The maximum absolute atomic E-state index is 6.24. The van der Waals surface area contributed by atoms with Gasteiger partial charge in [-0.05, 0) is 48.5 Å². The van der Waals surface area contributed by atoms with Crippen LogP contribution in [0.1, 0.15) is 0 Å². The largest absolute Gasteiger partial charge is 0.265 e. The molecule has 4 nitrogen and oxygen atoms in total. The second kappa shape index (κ2) is 13.5. The Morgan fingerprint density at radius 3 is 0.714 bits per heavy atom. The summed E-state index contributed by atoms with van der Waals surface area (Å²) in [7, 11) is 0. The Morgan fingerprint density at radius 2 is 0.524 bits per heavy atom. The second-order valence-corrected chi connectivity index (χ2v) is 14.5. The molecule has 0 aliphatic heterocycles. The normalized spacial score (nSPS) is 11.1. The summed E-state index contributed by atoms with van der Waals surface area (Å²) in [5, 5.41) is 1.50. The molecule has 0 fully saturated rings. The van der Waals surface area contributed by atoms with Crippen molar-refractivity contribution in [3.8, 4) is 0 Å². The van der Waals surface area contributed by atoms with Crippen molar-refractivity contribution in [2.45, 2.75) is 39.2 Å². The first-order chi connectivity index (χ1) is 20.5. The standard InChI is InChI=1S/C30H16N4S8/c35-23-21-22(24(36)28(40-18-3-11-32-12-4-18)27(23)39-17-1-9-31-10-2-17)26(38)30(42-20-7-15-34-16-8-20)29(25(21)37)41-19-5-13-33-14-6-19/h1-16H. The van der Waals surface area contributed by atoms with E-state index in [0.717, 1.165) is 49.6 Å². The molecule has 12 heteroatoms. The Bertz CT molecular complexity index is 1850. The van der Waals surface area contributed by atoms with Crippen molar-refractivity contribution in [2.75, 3.05) is 0 Å². The zero-order valence-corrected chi connectivity index (χ0v) is 27.8. The molecule has 0 amide bonds. The van der Waals surface area contributed by atoms with Gasteiger partial charge in [-0.3, -0.25) is 19.9 Å². The number of rotatable bonds is 8. The first-order valence-electron chi connectivity index (χ1n) is 12.2. The van der Waals surface area contributed by atoms with E-state index in [1.165, 1.54) is 0 Å². The highest BCUT2D eigenvalue weighted by atomic mass is 32.2. The van der Waals surface area contributed by atoms with Gasteiger partial charge in [-0.25, -0.2) is 0 Å². The smallest absolute Gasteiger partial charge is 0.0622 e. The number of hydrogen-bond donors (Lipinski definition) is 0. The Labute approximate surface area is 279 Å². The van der Waals surface area contributed by atoms with Crippen LogP contribution in [0.25, 0.3) is 0 Å². The molecule has 4 aromatic heterocycles. The second-order valence-electron chi connectivity index (χ2n) is 8.52. The van der Waals surface area contributed by atoms with E-state index in [-0.39, 0.29) is 0 Å². The van der Waals surface area contributed by atoms with Crippen LogP contribution in [-0.4, -0.2) is 19.9 Å². The SMILES string of the molecule is S=c1c(Sc2ccncc2)c(Sc2ccncc2)c(=S)c2c(=S)c(Sc3ccncc3)c(Sc3ccncc3)c(=S)c1=2. The fraction of sp³-hybridized carbons (Fsp3) is 0. The Kier molecular flexibility index (Phi) is 9.51. The summed E-state index contributed by atoms with van der Waals surface area (Å²) in [5.74, 6) is 0. The molecule has 4 aromatic rings. The van der Waals surface area contributed by atoms with Crippen LogP contribution in [-0.2, 0) is 0 Å². The molecule has 0 atom stereocenters. The first kappa shape index (κ1) is 29.6. The van der Waals surface area contributed by atoms with Crippen molar-refractivity contribution >= 4 is 95.9 Å². The van der Waals surface area contributed by atoms with Crippen molar-refractivity contribution in [1.29, 1.82) is 0 Å². The van der Waals surface area contributed by atoms with Crippen LogP contribution < -0.4 is 0 Å². The minimum Gasteiger partial charge on any atom is -0.265 e. The minimum absolute atomic E-state index is 0.644. The molecule has 0 spiro atoms. The van der Waals surface area contributed by atoms with Gasteiger partial charge in [0.2, 0.25) is 0 Å². The Morgan fingerprint density at radius 1 is 0.333 bits per heavy atom. The van der Waals surface area contributed by atoms with Gasteiger partial charge in [-0.2, -0.15) is 0 Å². The molecule has 204 valence electrons. The first-order valence-corrected chi connectivity index (χ1v) is 17.1. The van der Waals surface area contributed by atoms with Gasteiger partial charge >= 0.3 is 0 Å². The Balaban J connectivity index is 1.68. The van der Waals surface area contributed by atoms with Crippen molar-refractivity contribution in [2.24, 2.45) is 0 Å². The van der Waals surface area contributed by atoms with Crippen LogP contribution in [0.4, 0.5) is 0 Å². The monoisotopic (exact) mass is 688 g/mol. The fourth-order valence-corrected chi connectivity index (χ4v) is 10.1. The van der Waals surface area contributed by atoms with Gasteiger partial charge in [0.15, 0.2) is 0 Å². The molecule has 4 heterocycles. The summed E-state index contributed by atoms with van der Waals surface area (Å²) >= 11 is 31.2. The molecule has 6 rings (SSSR count). The van der Waals surface area contributed by atoms with E-state index in [1.54, 1.807) is 96.6 Å². The molecule has 2 aliphatic carbocycles. The highest BCUT2D eigenvalue weighted by Crippen LogP contribution is 2.45. The zero-order chi connectivity index (χ0) is 29.1. The predicted molar refractivity (Wildman–Crippen MR) is 181 cm³/mol. The van der Waals surface area contributed by atoms with E-state index in [2.05, 4.69) is 19.9 Å². The van der Waals surface area contributed by atoms with E-state index < -0.39 is 0 Å². The third kappa shape index (κ3) is 6.27. The van der Waals surface area contributed by atoms with Crippen LogP contribution in [0.2, 0.25) is 0 Å². The lowest BCUT2D eigenvalue weighted by Gasteiger charge is -2.15. The predicted octanol–water partition coefficient (Wildman–Crippen LogP) is 10.4. The van der Waals surface area contributed by atoms with Crippen LogP contribution in [0.5, 0.6) is 0 Å². The summed E-state index contributed by atoms with van der Waals surface area (Å²) in [6.07, 6.45) is 14.1. The molecule has 0 radical (unpaired) electrons. The highest BCUT2D eigenvalue weighted by Gasteiger charge is 2.20. The van der Waals surface area contributed by atoms with Crippen molar-refractivity contribution in [3.05, 3.63) is 127 Å². The van der Waals surface area contributed by atoms with E-state index in [9.17, 15) is 0 Å². The third-order valence-corrected chi connectivity index (χ3v) is 12.8. The number of nitrogens with zero attached hydrogens (tertiary/aromatic N) is 4. The molecule has 0 bridgehead atoms. The third-order valence-electron chi connectivity index (χ3n) is 5.87. The molecule has 0 saturated heterocycles.